The highest BCUT2D eigenvalue weighted by Gasteiger charge is 2.11. The van der Waals surface area contributed by atoms with E-state index in [0.717, 1.165) is 21.0 Å². The second-order valence-electron chi connectivity index (χ2n) is 5.25. The van der Waals surface area contributed by atoms with E-state index in [1.54, 1.807) is 18.2 Å². The number of fused-ring (bicyclic) bond motifs is 1. The molecular weight excluding hydrogens is 358 g/mol. The van der Waals surface area contributed by atoms with E-state index >= 15 is 0 Å². The summed E-state index contributed by atoms with van der Waals surface area (Å²) >= 11 is 3.36. The van der Waals surface area contributed by atoms with Crippen LogP contribution in [0.3, 0.4) is 0 Å². The van der Waals surface area contributed by atoms with Crippen molar-refractivity contribution in [2.45, 2.75) is 13.5 Å². The molecule has 1 amide bonds. The van der Waals surface area contributed by atoms with E-state index in [9.17, 15) is 9.59 Å². The Kier molecular flexibility index (Phi) is 4.30. The van der Waals surface area contributed by atoms with Gasteiger partial charge in [-0.3, -0.25) is 4.79 Å². The summed E-state index contributed by atoms with van der Waals surface area (Å²) in [5.74, 6) is -0.202. The molecule has 0 bridgehead atoms. The maximum atomic E-state index is 12.3. The van der Waals surface area contributed by atoms with Crippen molar-refractivity contribution in [2.24, 2.45) is 0 Å². The van der Waals surface area contributed by atoms with Gasteiger partial charge in [-0.1, -0.05) is 23.8 Å². The zero-order chi connectivity index (χ0) is 16.4. The fraction of sp³-hybridized carbons (Fsp3) is 0.111. The Morgan fingerprint density at radius 2 is 1.96 bits per heavy atom. The van der Waals surface area contributed by atoms with E-state index < -0.39 is 5.63 Å². The molecule has 3 aromatic rings. The fourth-order valence-corrected chi connectivity index (χ4v) is 2.87. The molecule has 2 aromatic carbocycles. The first-order valence-corrected chi connectivity index (χ1v) is 7.90. The Balaban J connectivity index is 1.90. The van der Waals surface area contributed by atoms with Gasteiger partial charge in [-0.05, 0) is 52.7 Å². The first-order valence-electron chi connectivity index (χ1n) is 7.11. The van der Waals surface area contributed by atoms with Crippen molar-refractivity contribution in [2.75, 3.05) is 0 Å². The first kappa shape index (κ1) is 15.5. The normalized spacial score (nSPS) is 10.7. The maximum absolute atomic E-state index is 12.3. The number of hydrogen-bond acceptors (Lipinski definition) is 3. The molecule has 5 heteroatoms. The highest BCUT2D eigenvalue weighted by Crippen LogP contribution is 2.19. The molecule has 0 aliphatic carbocycles. The van der Waals surface area contributed by atoms with Gasteiger partial charge in [-0.2, -0.15) is 0 Å². The fourth-order valence-electron chi connectivity index (χ4n) is 2.40. The molecular formula is C18H14BrNO3. The maximum Gasteiger partial charge on any atom is 0.336 e. The van der Waals surface area contributed by atoms with Crippen molar-refractivity contribution < 1.29 is 9.21 Å². The molecule has 0 fully saturated rings. The van der Waals surface area contributed by atoms with Crippen LogP contribution in [-0.2, 0) is 6.54 Å². The van der Waals surface area contributed by atoms with Gasteiger partial charge in [0.15, 0.2) is 0 Å². The van der Waals surface area contributed by atoms with Gasteiger partial charge < -0.3 is 9.73 Å². The molecule has 116 valence electrons. The molecule has 1 aromatic heterocycles. The van der Waals surface area contributed by atoms with E-state index in [1.165, 1.54) is 6.07 Å². The van der Waals surface area contributed by atoms with Crippen molar-refractivity contribution in [1.29, 1.82) is 0 Å². The minimum absolute atomic E-state index is 0.202. The quantitative estimate of drug-likeness (QED) is 0.712. The lowest BCUT2D eigenvalue weighted by Gasteiger charge is -2.09. The molecule has 0 spiro atoms. The van der Waals surface area contributed by atoms with Gasteiger partial charge in [0, 0.05) is 22.5 Å². The summed E-state index contributed by atoms with van der Waals surface area (Å²) in [6.45, 7) is 2.22. The first-order chi connectivity index (χ1) is 11.0. The molecule has 0 saturated carbocycles. The Bertz CT molecular complexity index is 946. The summed E-state index contributed by atoms with van der Waals surface area (Å²) in [6.07, 6.45) is 0. The van der Waals surface area contributed by atoms with Crippen LogP contribution in [0.15, 0.2) is 62.2 Å². The van der Waals surface area contributed by atoms with Crippen LogP contribution in [0.1, 0.15) is 21.5 Å². The lowest BCUT2D eigenvalue weighted by atomic mass is 10.1. The summed E-state index contributed by atoms with van der Waals surface area (Å²) in [4.78, 5) is 24.0. The van der Waals surface area contributed by atoms with Crippen LogP contribution >= 0.6 is 15.9 Å². The van der Waals surface area contributed by atoms with E-state index in [4.69, 9.17) is 4.42 Å². The lowest BCUT2D eigenvalue weighted by molar-refractivity contribution is 0.0950. The summed E-state index contributed by atoms with van der Waals surface area (Å²) in [5.41, 5.74) is 2.45. The van der Waals surface area contributed by atoms with Crippen molar-refractivity contribution in [3.63, 3.8) is 0 Å². The number of benzene rings is 2. The third-order valence-electron chi connectivity index (χ3n) is 3.54. The Morgan fingerprint density at radius 1 is 1.17 bits per heavy atom. The number of hydrogen-bond donors (Lipinski definition) is 1. The van der Waals surface area contributed by atoms with Crippen LogP contribution in [0, 0.1) is 6.92 Å². The minimum Gasteiger partial charge on any atom is -0.423 e. The van der Waals surface area contributed by atoms with Crippen molar-refractivity contribution >= 4 is 32.8 Å². The van der Waals surface area contributed by atoms with Gasteiger partial charge >= 0.3 is 5.63 Å². The van der Waals surface area contributed by atoms with Crippen LogP contribution in [0.25, 0.3) is 11.0 Å². The zero-order valence-electron chi connectivity index (χ0n) is 12.4. The smallest absolute Gasteiger partial charge is 0.336 e. The van der Waals surface area contributed by atoms with Crippen LogP contribution < -0.4 is 10.9 Å². The summed E-state index contributed by atoms with van der Waals surface area (Å²) in [7, 11) is 0. The van der Waals surface area contributed by atoms with Crippen molar-refractivity contribution in [1.82, 2.24) is 5.32 Å². The topological polar surface area (TPSA) is 59.3 Å². The number of amides is 1. The van der Waals surface area contributed by atoms with Gasteiger partial charge in [0.1, 0.15) is 5.58 Å². The molecule has 4 nitrogen and oxygen atoms in total. The number of halogens is 1. The Labute approximate surface area is 141 Å². The number of aryl methyl sites for hydroxylation is 1. The third kappa shape index (κ3) is 3.35. The molecule has 0 radical (unpaired) electrons. The molecule has 0 aliphatic heterocycles. The van der Waals surface area contributed by atoms with Crippen LogP contribution in [-0.4, -0.2) is 5.91 Å². The second kappa shape index (κ2) is 6.38. The second-order valence-corrected chi connectivity index (χ2v) is 6.11. The number of carbonyl (C=O) groups excluding carboxylic acids is 1. The molecule has 0 saturated heterocycles. The molecule has 0 unspecified atom stereocenters. The molecule has 1 heterocycles. The van der Waals surface area contributed by atoms with Gasteiger partial charge in [0.05, 0.1) is 5.56 Å². The molecule has 0 atom stereocenters. The van der Waals surface area contributed by atoms with Gasteiger partial charge in [0.2, 0.25) is 0 Å². The van der Waals surface area contributed by atoms with Crippen LogP contribution in [0.2, 0.25) is 0 Å². The predicted octanol–water partition coefficient (Wildman–Crippen LogP) is 3.79. The van der Waals surface area contributed by atoms with E-state index in [-0.39, 0.29) is 12.5 Å². The standard InChI is InChI=1S/C18H14BrNO3/c1-11-6-7-16-14(8-11)12(9-17(21)23-16)10-20-18(22)13-4-2-3-5-15(13)19/h2-9H,10H2,1H3,(H,20,22). The van der Waals surface area contributed by atoms with E-state index in [1.807, 2.05) is 31.2 Å². The van der Waals surface area contributed by atoms with Gasteiger partial charge in [-0.25, -0.2) is 4.79 Å². The Hall–Kier alpha value is -2.40. The van der Waals surface area contributed by atoms with E-state index in [0.29, 0.717) is 11.1 Å². The van der Waals surface area contributed by atoms with Gasteiger partial charge in [-0.15, -0.1) is 0 Å². The van der Waals surface area contributed by atoms with Crippen molar-refractivity contribution in [3.8, 4) is 0 Å². The average Bonchev–Trinajstić information content (AvgIpc) is 2.53. The average molecular weight is 372 g/mol. The Morgan fingerprint density at radius 3 is 2.74 bits per heavy atom. The summed E-state index contributed by atoms with van der Waals surface area (Å²) < 4.78 is 5.92. The highest BCUT2D eigenvalue weighted by atomic mass is 79.9. The largest absolute Gasteiger partial charge is 0.423 e. The van der Waals surface area contributed by atoms with Crippen LogP contribution in [0.4, 0.5) is 0 Å². The van der Waals surface area contributed by atoms with Crippen LogP contribution in [0.5, 0.6) is 0 Å². The predicted molar refractivity (Wildman–Crippen MR) is 92.5 cm³/mol. The number of rotatable bonds is 3. The summed E-state index contributed by atoms with van der Waals surface area (Å²) in [5, 5.41) is 3.68. The highest BCUT2D eigenvalue weighted by molar-refractivity contribution is 9.10. The third-order valence-corrected chi connectivity index (χ3v) is 4.23. The monoisotopic (exact) mass is 371 g/mol. The summed E-state index contributed by atoms with van der Waals surface area (Å²) in [6, 6.07) is 14.2. The molecule has 3 rings (SSSR count). The molecule has 23 heavy (non-hydrogen) atoms. The minimum atomic E-state index is -0.425. The number of carbonyl (C=O) groups is 1. The molecule has 0 aliphatic rings. The zero-order valence-corrected chi connectivity index (χ0v) is 14.0. The number of nitrogens with one attached hydrogen (secondary N) is 1. The molecule has 1 N–H and O–H groups in total. The van der Waals surface area contributed by atoms with E-state index in [2.05, 4.69) is 21.2 Å². The van der Waals surface area contributed by atoms with Crippen molar-refractivity contribution in [3.05, 3.63) is 80.1 Å². The lowest BCUT2D eigenvalue weighted by Crippen LogP contribution is -2.23. The SMILES string of the molecule is Cc1ccc2oc(=O)cc(CNC(=O)c3ccccc3Br)c2c1. The van der Waals surface area contributed by atoms with Gasteiger partial charge in [0.25, 0.3) is 5.91 Å².